The molecule has 0 saturated carbocycles. The molecule has 3 aromatic carbocycles. The lowest BCUT2D eigenvalue weighted by Crippen LogP contribution is -2.02. The second kappa shape index (κ2) is 9.91. The van der Waals surface area contributed by atoms with Crippen molar-refractivity contribution in [1.29, 1.82) is 5.26 Å². The maximum atomic E-state index is 11.2. The molecule has 0 aliphatic rings. The van der Waals surface area contributed by atoms with Crippen LogP contribution in [0.3, 0.4) is 0 Å². The highest BCUT2D eigenvalue weighted by Crippen LogP contribution is 2.34. The number of nitro benzene ring substituents is 1. The summed E-state index contributed by atoms with van der Waals surface area (Å²) in [7, 11) is 1.49. The van der Waals surface area contributed by atoms with Crippen LogP contribution in [0.15, 0.2) is 66.7 Å². The van der Waals surface area contributed by atoms with E-state index in [2.05, 4.69) is 6.07 Å². The van der Waals surface area contributed by atoms with E-state index >= 15 is 0 Å². The van der Waals surface area contributed by atoms with Gasteiger partial charge in [-0.2, -0.15) is 5.26 Å². The molecule has 3 rings (SSSR count). The lowest BCUT2D eigenvalue weighted by Gasteiger charge is -2.14. The van der Waals surface area contributed by atoms with E-state index in [-0.39, 0.29) is 23.4 Å². The van der Waals surface area contributed by atoms with Gasteiger partial charge in [-0.3, -0.25) is 10.1 Å². The summed E-state index contributed by atoms with van der Waals surface area (Å²) in [6.07, 6.45) is 1.60. The van der Waals surface area contributed by atoms with Crippen LogP contribution >= 0.6 is 0 Å². The number of benzene rings is 3. The number of allylic oxidation sites excluding steroid dienone is 1. The van der Waals surface area contributed by atoms with Gasteiger partial charge in [0.15, 0.2) is 11.5 Å². The van der Waals surface area contributed by atoms with E-state index in [9.17, 15) is 20.2 Å². The van der Waals surface area contributed by atoms with Crippen LogP contribution in [-0.4, -0.2) is 23.1 Å². The van der Waals surface area contributed by atoms with Gasteiger partial charge in [0, 0.05) is 17.7 Å². The lowest BCUT2D eigenvalue weighted by atomic mass is 10.0. The van der Waals surface area contributed by atoms with Crippen molar-refractivity contribution in [2.75, 3.05) is 7.11 Å². The zero-order valence-electron chi connectivity index (χ0n) is 17.0. The van der Waals surface area contributed by atoms with E-state index in [0.29, 0.717) is 28.2 Å². The number of methoxy groups -OCH3 is 1. The van der Waals surface area contributed by atoms with E-state index in [4.69, 9.17) is 14.6 Å². The first-order valence-electron chi connectivity index (χ1n) is 9.41. The standard InChI is InChI=1S/C24H18N2O6/c1-31-22-7-3-5-18(13-20(14-25)17-8-10-21(11-9-17)26(29)30)23(22)32-15-16-4-2-6-19(12-16)24(27)28/h2-13H,15H2,1H3,(H,27,28). The maximum Gasteiger partial charge on any atom is 0.335 e. The van der Waals surface area contributed by atoms with Gasteiger partial charge in [-0.05, 0) is 47.5 Å². The van der Waals surface area contributed by atoms with Crippen molar-refractivity contribution in [3.63, 3.8) is 0 Å². The van der Waals surface area contributed by atoms with Crippen LogP contribution < -0.4 is 9.47 Å². The molecule has 0 amide bonds. The summed E-state index contributed by atoms with van der Waals surface area (Å²) in [6.45, 7) is 0.0851. The van der Waals surface area contributed by atoms with Gasteiger partial charge in [0.25, 0.3) is 5.69 Å². The van der Waals surface area contributed by atoms with Gasteiger partial charge < -0.3 is 14.6 Å². The Bertz CT molecular complexity index is 1230. The van der Waals surface area contributed by atoms with Gasteiger partial charge in [0.1, 0.15) is 6.61 Å². The predicted molar refractivity (Wildman–Crippen MR) is 117 cm³/mol. The summed E-state index contributed by atoms with van der Waals surface area (Å²) in [5.41, 5.74) is 2.10. The van der Waals surface area contributed by atoms with Crippen LogP contribution in [0.4, 0.5) is 5.69 Å². The first-order chi connectivity index (χ1) is 15.4. The van der Waals surface area contributed by atoms with Gasteiger partial charge in [-0.25, -0.2) is 4.79 Å². The highest BCUT2D eigenvalue weighted by molar-refractivity contribution is 5.91. The van der Waals surface area contributed by atoms with Crippen molar-refractivity contribution in [2.24, 2.45) is 0 Å². The number of hydrogen-bond acceptors (Lipinski definition) is 6. The number of para-hydroxylation sites is 1. The van der Waals surface area contributed by atoms with Crippen molar-refractivity contribution in [3.05, 3.63) is 99.1 Å². The molecular weight excluding hydrogens is 412 g/mol. The van der Waals surface area contributed by atoms with Crippen LogP contribution in [0.5, 0.6) is 11.5 Å². The highest BCUT2D eigenvalue weighted by Gasteiger charge is 2.13. The van der Waals surface area contributed by atoms with Crippen molar-refractivity contribution in [1.82, 2.24) is 0 Å². The molecule has 3 aromatic rings. The number of non-ortho nitro benzene ring substituents is 1. The first-order valence-corrected chi connectivity index (χ1v) is 9.41. The van der Waals surface area contributed by atoms with Crippen LogP contribution in [0, 0.1) is 21.4 Å². The topological polar surface area (TPSA) is 123 Å². The van der Waals surface area contributed by atoms with Crippen molar-refractivity contribution in [2.45, 2.75) is 6.61 Å². The van der Waals surface area contributed by atoms with Crippen molar-refractivity contribution >= 4 is 23.3 Å². The number of carboxylic acids is 1. The lowest BCUT2D eigenvalue weighted by molar-refractivity contribution is -0.384. The minimum Gasteiger partial charge on any atom is -0.493 e. The number of hydrogen-bond donors (Lipinski definition) is 1. The molecule has 0 saturated heterocycles. The molecule has 8 nitrogen and oxygen atoms in total. The number of nitro groups is 1. The largest absolute Gasteiger partial charge is 0.493 e. The van der Waals surface area contributed by atoms with Gasteiger partial charge in [-0.15, -0.1) is 0 Å². The molecule has 0 spiro atoms. The average molecular weight is 430 g/mol. The normalized spacial score (nSPS) is 10.8. The van der Waals surface area contributed by atoms with E-state index in [1.165, 1.54) is 43.5 Å². The van der Waals surface area contributed by atoms with Crippen LogP contribution in [0.2, 0.25) is 0 Å². The zero-order chi connectivity index (χ0) is 23.1. The number of ether oxygens (including phenoxy) is 2. The molecule has 0 atom stereocenters. The fraction of sp³-hybridized carbons (Fsp3) is 0.0833. The Labute approximate surface area is 183 Å². The number of rotatable bonds is 8. The van der Waals surface area contributed by atoms with Crippen LogP contribution in [0.1, 0.15) is 27.0 Å². The van der Waals surface area contributed by atoms with Gasteiger partial charge in [0.2, 0.25) is 0 Å². The minimum atomic E-state index is -1.03. The third-order valence-corrected chi connectivity index (χ3v) is 4.60. The summed E-state index contributed by atoms with van der Waals surface area (Å²) < 4.78 is 11.3. The molecule has 0 fully saturated rings. The Morgan fingerprint density at radius 3 is 2.47 bits per heavy atom. The van der Waals surface area contributed by atoms with E-state index < -0.39 is 10.9 Å². The Balaban J connectivity index is 1.94. The smallest absolute Gasteiger partial charge is 0.335 e. The van der Waals surface area contributed by atoms with Gasteiger partial charge in [-0.1, -0.05) is 24.3 Å². The molecule has 0 heterocycles. The molecule has 1 N–H and O–H groups in total. The summed E-state index contributed by atoms with van der Waals surface area (Å²) in [5, 5.41) is 29.7. The van der Waals surface area contributed by atoms with Crippen molar-refractivity contribution in [3.8, 4) is 17.6 Å². The van der Waals surface area contributed by atoms with E-state index in [1.807, 2.05) is 0 Å². The summed E-state index contributed by atoms with van der Waals surface area (Å²) in [5.74, 6) is -0.214. The number of nitrogens with zero attached hydrogens (tertiary/aromatic N) is 2. The first kappa shape index (κ1) is 22.1. The second-order valence-corrected chi connectivity index (χ2v) is 6.65. The third-order valence-electron chi connectivity index (χ3n) is 4.60. The van der Waals surface area contributed by atoms with Crippen molar-refractivity contribution < 1.29 is 24.3 Å². The Kier molecular flexibility index (Phi) is 6.83. The molecule has 8 heteroatoms. The van der Waals surface area contributed by atoms with Gasteiger partial charge >= 0.3 is 5.97 Å². The summed E-state index contributed by atoms with van der Waals surface area (Å²) in [6, 6.07) is 19.4. The number of carboxylic acid groups (broad SMARTS) is 1. The zero-order valence-corrected chi connectivity index (χ0v) is 17.0. The fourth-order valence-corrected chi connectivity index (χ4v) is 3.01. The minimum absolute atomic E-state index is 0.0694. The maximum absolute atomic E-state index is 11.2. The number of aromatic carboxylic acids is 1. The molecule has 0 aliphatic heterocycles. The Hall–Kier alpha value is -4.64. The molecule has 0 aliphatic carbocycles. The summed E-state index contributed by atoms with van der Waals surface area (Å²) >= 11 is 0. The third kappa shape index (κ3) is 5.09. The molecule has 0 bridgehead atoms. The Morgan fingerprint density at radius 2 is 1.84 bits per heavy atom. The SMILES string of the molecule is COc1cccc(C=C(C#N)c2ccc([N+](=O)[O-])cc2)c1OCc1cccc(C(=O)O)c1. The number of nitriles is 1. The van der Waals surface area contributed by atoms with Gasteiger partial charge in [0.05, 0.1) is 29.2 Å². The highest BCUT2D eigenvalue weighted by atomic mass is 16.6. The molecule has 0 aromatic heterocycles. The summed E-state index contributed by atoms with van der Waals surface area (Å²) in [4.78, 5) is 21.6. The Morgan fingerprint density at radius 1 is 1.12 bits per heavy atom. The average Bonchev–Trinajstić information content (AvgIpc) is 2.81. The molecule has 32 heavy (non-hydrogen) atoms. The van der Waals surface area contributed by atoms with Crippen LogP contribution in [-0.2, 0) is 6.61 Å². The monoisotopic (exact) mass is 430 g/mol. The molecule has 160 valence electrons. The molecule has 0 radical (unpaired) electrons. The molecule has 0 unspecified atom stereocenters. The number of carbonyl (C=O) groups is 1. The van der Waals surface area contributed by atoms with E-state index in [1.54, 1.807) is 36.4 Å². The van der Waals surface area contributed by atoms with Crippen LogP contribution in [0.25, 0.3) is 11.6 Å². The predicted octanol–water partition coefficient (Wildman–Crippen LogP) is 4.94. The van der Waals surface area contributed by atoms with E-state index in [0.717, 1.165) is 0 Å². The quantitative estimate of drug-likeness (QED) is 0.232. The second-order valence-electron chi connectivity index (χ2n) is 6.65. The molecular formula is C24H18N2O6. The fourth-order valence-electron chi connectivity index (χ4n) is 3.01.